The molecule has 33 heavy (non-hydrogen) atoms. The van der Waals surface area contributed by atoms with Gasteiger partial charge in [0, 0.05) is 61.8 Å². The Morgan fingerprint density at radius 2 is 2.06 bits per heavy atom. The van der Waals surface area contributed by atoms with Crippen molar-refractivity contribution in [3.8, 4) is 5.75 Å². The van der Waals surface area contributed by atoms with Crippen molar-refractivity contribution in [2.75, 3.05) is 47.1 Å². The zero-order valence-corrected chi connectivity index (χ0v) is 18.6. The normalized spacial score (nSPS) is 18.8. The van der Waals surface area contributed by atoms with Crippen molar-refractivity contribution < 1.29 is 24.2 Å². The van der Waals surface area contributed by atoms with Crippen LogP contribution in [0.3, 0.4) is 0 Å². The van der Waals surface area contributed by atoms with Gasteiger partial charge in [0.25, 0.3) is 5.91 Å². The maximum absolute atomic E-state index is 13.0. The highest BCUT2D eigenvalue weighted by atomic mass is 16.5. The van der Waals surface area contributed by atoms with Gasteiger partial charge in [-0.3, -0.25) is 14.6 Å². The molecular weight excluding hydrogens is 424 g/mol. The molecule has 1 saturated heterocycles. The number of benzene rings is 1. The van der Waals surface area contributed by atoms with Crippen molar-refractivity contribution in [2.24, 2.45) is 0 Å². The lowest BCUT2D eigenvalue weighted by Crippen LogP contribution is -2.68. The zero-order valence-electron chi connectivity index (χ0n) is 18.6. The average molecular weight is 450 g/mol. The summed E-state index contributed by atoms with van der Waals surface area (Å²) in [6.45, 7) is 1.02. The number of nitrogens with one attached hydrogen (secondary N) is 1. The molecular formula is C24H26N4O5. The van der Waals surface area contributed by atoms with Crippen LogP contribution < -0.4 is 4.74 Å². The van der Waals surface area contributed by atoms with Gasteiger partial charge in [-0.25, -0.2) is 0 Å². The van der Waals surface area contributed by atoms with Crippen molar-refractivity contribution in [1.29, 1.82) is 0 Å². The Kier molecular flexibility index (Phi) is 5.30. The summed E-state index contributed by atoms with van der Waals surface area (Å²) in [5.41, 5.74) is 2.80. The highest BCUT2D eigenvalue weighted by Crippen LogP contribution is 2.48. The maximum Gasteiger partial charge on any atom is 0.255 e. The van der Waals surface area contributed by atoms with Gasteiger partial charge in [0.15, 0.2) is 0 Å². The number of ether oxygens (including phenoxy) is 2. The number of pyridine rings is 1. The molecule has 0 bridgehead atoms. The van der Waals surface area contributed by atoms with Crippen LogP contribution in [0.5, 0.6) is 5.75 Å². The third-order valence-corrected chi connectivity index (χ3v) is 6.69. The molecule has 1 spiro atoms. The smallest absolute Gasteiger partial charge is 0.255 e. The zero-order chi connectivity index (χ0) is 23.2. The molecule has 1 atom stereocenters. The van der Waals surface area contributed by atoms with Crippen molar-refractivity contribution in [2.45, 2.75) is 11.5 Å². The van der Waals surface area contributed by atoms with E-state index in [1.807, 2.05) is 18.2 Å². The largest absolute Gasteiger partial charge is 0.497 e. The molecule has 2 aliphatic heterocycles. The molecule has 172 valence electrons. The minimum absolute atomic E-state index is 0.0751. The van der Waals surface area contributed by atoms with Crippen LogP contribution in [0.15, 0.2) is 42.7 Å². The summed E-state index contributed by atoms with van der Waals surface area (Å²) >= 11 is 0. The first-order valence-corrected chi connectivity index (χ1v) is 10.8. The number of H-pyrrole nitrogens is 1. The van der Waals surface area contributed by atoms with E-state index in [4.69, 9.17) is 9.47 Å². The molecule has 5 rings (SSSR count). The molecule has 0 saturated carbocycles. The molecule has 2 aliphatic rings. The first-order valence-electron chi connectivity index (χ1n) is 10.8. The summed E-state index contributed by atoms with van der Waals surface area (Å²) in [5.74, 6) is 0.427. The SMILES string of the molecule is COCC(=O)N1CC2(CN(C(=O)c3cccnc3)C2)c2c([nH]c3cc(OC)ccc23)[C@@H]1CO. The van der Waals surface area contributed by atoms with Gasteiger partial charge in [-0.15, -0.1) is 0 Å². The lowest BCUT2D eigenvalue weighted by Gasteiger charge is -2.56. The second-order valence-electron chi connectivity index (χ2n) is 8.66. The lowest BCUT2D eigenvalue weighted by molar-refractivity contribution is -0.142. The summed E-state index contributed by atoms with van der Waals surface area (Å²) in [6, 6.07) is 8.78. The Morgan fingerprint density at radius 3 is 2.73 bits per heavy atom. The summed E-state index contributed by atoms with van der Waals surface area (Å²) in [5, 5.41) is 11.3. The number of aliphatic hydroxyl groups is 1. The van der Waals surface area contributed by atoms with Crippen LogP contribution in [-0.2, 0) is 14.9 Å². The number of carbonyl (C=O) groups excluding carboxylic acids is 2. The van der Waals surface area contributed by atoms with E-state index in [0.29, 0.717) is 30.9 Å². The molecule has 1 aromatic carbocycles. The number of hydrogen-bond donors (Lipinski definition) is 2. The monoisotopic (exact) mass is 450 g/mol. The Morgan fingerprint density at radius 1 is 1.24 bits per heavy atom. The van der Waals surface area contributed by atoms with Crippen LogP contribution in [0, 0.1) is 0 Å². The second-order valence-corrected chi connectivity index (χ2v) is 8.66. The number of likely N-dealkylation sites (tertiary alicyclic amines) is 1. The van der Waals surface area contributed by atoms with Gasteiger partial charge >= 0.3 is 0 Å². The van der Waals surface area contributed by atoms with Crippen LogP contribution in [-0.4, -0.2) is 83.8 Å². The van der Waals surface area contributed by atoms with Crippen LogP contribution in [0.25, 0.3) is 10.9 Å². The summed E-state index contributed by atoms with van der Waals surface area (Å²) in [6.07, 6.45) is 3.20. The summed E-state index contributed by atoms with van der Waals surface area (Å²) in [4.78, 5) is 36.9. The fourth-order valence-electron chi connectivity index (χ4n) is 5.23. The van der Waals surface area contributed by atoms with Gasteiger partial charge < -0.3 is 29.4 Å². The number of hydrogen-bond acceptors (Lipinski definition) is 6. The lowest BCUT2D eigenvalue weighted by atomic mass is 9.68. The maximum atomic E-state index is 13.0. The van der Waals surface area contributed by atoms with Crippen LogP contribution >= 0.6 is 0 Å². The van der Waals surface area contributed by atoms with E-state index >= 15 is 0 Å². The molecule has 0 unspecified atom stereocenters. The van der Waals surface area contributed by atoms with Crippen LogP contribution in [0.1, 0.15) is 27.7 Å². The Labute approximate surface area is 190 Å². The van der Waals surface area contributed by atoms with Crippen LogP contribution in [0.2, 0.25) is 0 Å². The fraction of sp³-hybridized carbons (Fsp3) is 0.375. The number of nitrogens with zero attached hydrogens (tertiary/aromatic N) is 3. The van der Waals surface area contributed by atoms with E-state index in [9.17, 15) is 14.7 Å². The molecule has 1 fully saturated rings. The molecule has 2 N–H and O–H groups in total. The number of amides is 2. The molecule has 9 heteroatoms. The predicted molar refractivity (Wildman–Crippen MR) is 120 cm³/mol. The average Bonchev–Trinajstić information content (AvgIpc) is 3.20. The predicted octanol–water partition coefficient (Wildman–Crippen LogP) is 1.49. The summed E-state index contributed by atoms with van der Waals surface area (Å²) in [7, 11) is 3.09. The van der Waals surface area contributed by atoms with Crippen molar-refractivity contribution in [3.05, 3.63) is 59.5 Å². The van der Waals surface area contributed by atoms with E-state index in [-0.39, 0.29) is 25.0 Å². The van der Waals surface area contributed by atoms with Crippen molar-refractivity contribution >= 4 is 22.7 Å². The first kappa shape index (κ1) is 21.4. The van der Waals surface area contributed by atoms with Crippen molar-refractivity contribution in [1.82, 2.24) is 19.8 Å². The van der Waals surface area contributed by atoms with E-state index < -0.39 is 11.5 Å². The van der Waals surface area contributed by atoms with Gasteiger partial charge in [-0.05, 0) is 29.8 Å². The van der Waals surface area contributed by atoms with E-state index in [0.717, 1.165) is 22.2 Å². The van der Waals surface area contributed by atoms with Gasteiger partial charge in [0.05, 0.1) is 30.7 Å². The number of fused-ring (bicyclic) bond motifs is 4. The first-order chi connectivity index (χ1) is 16.0. The number of aliphatic hydroxyl groups excluding tert-OH is 1. The Balaban J connectivity index is 1.58. The molecule has 9 nitrogen and oxygen atoms in total. The minimum Gasteiger partial charge on any atom is -0.497 e. The Bertz CT molecular complexity index is 1200. The standard InChI is InChI=1S/C24H26N4O5/c1-32-11-20(30)28-14-24(12-27(13-24)23(31)15-4-3-7-25-9-15)21-17-6-5-16(33-2)8-18(17)26-22(21)19(28)10-29/h3-9,19,26,29H,10-14H2,1-2H3/t19-/m0/s1. The number of carbonyl (C=O) groups is 2. The van der Waals surface area contributed by atoms with E-state index in [1.54, 1.807) is 41.4 Å². The van der Waals surface area contributed by atoms with Gasteiger partial charge in [0.2, 0.25) is 5.91 Å². The topological polar surface area (TPSA) is 108 Å². The summed E-state index contributed by atoms with van der Waals surface area (Å²) < 4.78 is 10.5. The van der Waals surface area contributed by atoms with E-state index in [2.05, 4.69) is 9.97 Å². The Hall–Kier alpha value is -3.43. The molecule has 0 aliphatic carbocycles. The highest BCUT2D eigenvalue weighted by Gasteiger charge is 2.55. The molecule has 0 radical (unpaired) electrons. The van der Waals surface area contributed by atoms with Gasteiger partial charge in [0.1, 0.15) is 12.4 Å². The highest BCUT2D eigenvalue weighted by molar-refractivity contribution is 5.96. The fourth-order valence-corrected chi connectivity index (χ4v) is 5.23. The second kappa shape index (κ2) is 8.17. The number of aromatic amines is 1. The molecule has 3 aromatic rings. The quantitative estimate of drug-likeness (QED) is 0.610. The van der Waals surface area contributed by atoms with E-state index in [1.165, 1.54) is 7.11 Å². The van der Waals surface area contributed by atoms with Gasteiger partial charge in [-0.1, -0.05) is 0 Å². The molecule has 2 aromatic heterocycles. The molecule has 4 heterocycles. The van der Waals surface area contributed by atoms with Crippen molar-refractivity contribution in [3.63, 3.8) is 0 Å². The van der Waals surface area contributed by atoms with Gasteiger partial charge in [-0.2, -0.15) is 0 Å². The number of methoxy groups -OCH3 is 2. The molecule has 2 amide bonds. The third-order valence-electron chi connectivity index (χ3n) is 6.69. The minimum atomic E-state index is -0.519. The third kappa shape index (κ3) is 3.35. The van der Waals surface area contributed by atoms with Crippen LogP contribution in [0.4, 0.5) is 0 Å². The number of rotatable bonds is 5. The number of aromatic nitrogens is 2.